The van der Waals surface area contributed by atoms with Gasteiger partial charge in [0.15, 0.2) is 9.84 Å². The number of hydrogen-bond donors (Lipinski definition) is 1. The number of amides is 1. The average Bonchev–Trinajstić information content (AvgIpc) is 2.74. The minimum absolute atomic E-state index is 0.0245. The van der Waals surface area contributed by atoms with E-state index in [0.717, 1.165) is 12.8 Å². The molecule has 2 fully saturated rings. The topological polar surface area (TPSA) is 63.2 Å². The number of nitrogens with one attached hydrogen (secondary N) is 1. The van der Waals surface area contributed by atoms with E-state index in [-0.39, 0.29) is 17.4 Å². The average molecular weight is 259 g/mol. The molecule has 0 aromatic heterocycles. The maximum absolute atomic E-state index is 11.9. The predicted molar refractivity (Wildman–Crippen MR) is 66.4 cm³/mol. The van der Waals surface area contributed by atoms with Crippen molar-refractivity contribution in [2.24, 2.45) is 5.92 Å². The fourth-order valence-electron chi connectivity index (χ4n) is 2.97. The Bertz CT molecular complexity index is 398. The van der Waals surface area contributed by atoms with Crippen LogP contribution in [0.5, 0.6) is 0 Å². The largest absolute Gasteiger partial charge is 0.350 e. The zero-order chi connectivity index (χ0) is 12.5. The van der Waals surface area contributed by atoms with Gasteiger partial charge in [0.25, 0.3) is 0 Å². The summed E-state index contributed by atoms with van der Waals surface area (Å²) in [7, 11) is -2.94. The molecule has 1 aliphatic carbocycles. The van der Waals surface area contributed by atoms with E-state index in [1.165, 1.54) is 12.8 Å². The summed E-state index contributed by atoms with van der Waals surface area (Å²) < 4.78 is 22.8. The van der Waals surface area contributed by atoms with Crippen LogP contribution in [-0.4, -0.2) is 31.4 Å². The summed E-state index contributed by atoms with van der Waals surface area (Å²) in [5, 5.41) is 2.92. The molecule has 1 atom stereocenters. The van der Waals surface area contributed by atoms with Gasteiger partial charge in [-0.2, -0.15) is 0 Å². The van der Waals surface area contributed by atoms with Crippen LogP contribution < -0.4 is 5.32 Å². The highest BCUT2D eigenvalue weighted by Gasteiger charge is 2.39. The van der Waals surface area contributed by atoms with Gasteiger partial charge in [-0.15, -0.1) is 0 Å². The van der Waals surface area contributed by atoms with E-state index < -0.39 is 15.4 Å². The van der Waals surface area contributed by atoms with Crippen LogP contribution in [0.2, 0.25) is 0 Å². The molecule has 1 saturated carbocycles. The highest BCUT2D eigenvalue weighted by Crippen LogP contribution is 2.28. The van der Waals surface area contributed by atoms with Crippen LogP contribution in [0.25, 0.3) is 0 Å². The molecule has 4 nitrogen and oxygen atoms in total. The summed E-state index contributed by atoms with van der Waals surface area (Å²) in [6, 6.07) is 0. The van der Waals surface area contributed by atoms with Crippen molar-refractivity contribution in [2.45, 2.75) is 51.0 Å². The van der Waals surface area contributed by atoms with Gasteiger partial charge in [-0.05, 0) is 32.1 Å². The van der Waals surface area contributed by atoms with Crippen molar-refractivity contribution in [3.63, 3.8) is 0 Å². The van der Waals surface area contributed by atoms with Gasteiger partial charge in [-0.1, -0.05) is 12.8 Å². The molecule has 98 valence electrons. The van der Waals surface area contributed by atoms with Crippen LogP contribution in [0.3, 0.4) is 0 Å². The SMILES string of the molecule is CC1(NC(=O)CC2CCCC2)CCS(=O)(=O)C1. The fourth-order valence-corrected chi connectivity index (χ4v) is 5.07. The maximum Gasteiger partial charge on any atom is 0.220 e. The van der Waals surface area contributed by atoms with Gasteiger partial charge in [0.1, 0.15) is 0 Å². The lowest BCUT2D eigenvalue weighted by Crippen LogP contribution is -2.47. The van der Waals surface area contributed by atoms with Crippen LogP contribution in [-0.2, 0) is 14.6 Å². The van der Waals surface area contributed by atoms with E-state index in [2.05, 4.69) is 5.32 Å². The van der Waals surface area contributed by atoms with E-state index >= 15 is 0 Å². The number of rotatable bonds is 3. The number of hydrogen-bond acceptors (Lipinski definition) is 3. The van der Waals surface area contributed by atoms with Gasteiger partial charge in [0, 0.05) is 6.42 Å². The molecule has 1 heterocycles. The predicted octanol–water partition coefficient (Wildman–Crippen LogP) is 1.26. The molecule has 0 aromatic rings. The van der Waals surface area contributed by atoms with Gasteiger partial charge in [0.2, 0.25) is 5.91 Å². The Morgan fingerprint density at radius 3 is 2.53 bits per heavy atom. The van der Waals surface area contributed by atoms with Crippen molar-refractivity contribution in [3.05, 3.63) is 0 Å². The van der Waals surface area contributed by atoms with Crippen LogP contribution >= 0.6 is 0 Å². The monoisotopic (exact) mass is 259 g/mol. The zero-order valence-electron chi connectivity index (χ0n) is 10.4. The summed E-state index contributed by atoms with van der Waals surface area (Å²) in [5.74, 6) is 0.831. The Morgan fingerprint density at radius 1 is 1.35 bits per heavy atom. The standard InChI is InChI=1S/C12H21NO3S/c1-12(6-7-17(15,16)9-12)13-11(14)8-10-4-2-3-5-10/h10H,2-9H2,1H3,(H,13,14). The van der Waals surface area contributed by atoms with E-state index in [1.54, 1.807) is 0 Å². The third kappa shape index (κ3) is 3.44. The van der Waals surface area contributed by atoms with Crippen molar-refractivity contribution < 1.29 is 13.2 Å². The van der Waals surface area contributed by atoms with Crippen LogP contribution in [0.4, 0.5) is 0 Å². The molecule has 2 aliphatic rings. The van der Waals surface area contributed by atoms with Gasteiger partial charge in [-0.3, -0.25) is 4.79 Å². The number of sulfone groups is 1. The van der Waals surface area contributed by atoms with Crippen molar-refractivity contribution in [2.75, 3.05) is 11.5 Å². The molecule has 1 amide bonds. The van der Waals surface area contributed by atoms with Crippen LogP contribution in [0.15, 0.2) is 0 Å². The van der Waals surface area contributed by atoms with E-state index in [0.29, 0.717) is 18.8 Å². The smallest absolute Gasteiger partial charge is 0.220 e. The van der Waals surface area contributed by atoms with Gasteiger partial charge >= 0.3 is 0 Å². The lowest BCUT2D eigenvalue weighted by Gasteiger charge is -2.24. The Hall–Kier alpha value is -0.580. The molecular formula is C12H21NO3S. The zero-order valence-corrected chi connectivity index (χ0v) is 11.2. The Kier molecular flexibility index (Phi) is 3.48. The van der Waals surface area contributed by atoms with Crippen molar-refractivity contribution in [1.82, 2.24) is 5.32 Å². The molecule has 1 saturated heterocycles. The molecule has 2 rings (SSSR count). The summed E-state index contributed by atoms with van der Waals surface area (Å²) in [6.45, 7) is 1.84. The van der Waals surface area contributed by atoms with Crippen LogP contribution in [0, 0.1) is 5.92 Å². The third-order valence-electron chi connectivity index (χ3n) is 3.89. The molecule has 0 bridgehead atoms. The molecule has 0 aromatic carbocycles. The highest BCUT2D eigenvalue weighted by molar-refractivity contribution is 7.91. The molecule has 1 aliphatic heterocycles. The first-order valence-electron chi connectivity index (χ1n) is 6.40. The first kappa shape index (κ1) is 12.9. The second-order valence-corrected chi connectivity index (χ2v) is 7.99. The fraction of sp³-hybridized carbons (Fsp3) is 0.917. The Morgan fingerprint density at radius 2 is 2.00 bits per heavy atom. The molecule has 17 heavy (non-hydrogen) atoms. The van der Waals surface area contributed by atoms with E-state index in [4.69, 9.17) is 0 Å². The molecule has 1 N–H and O–H groups in total. The summed E-state index contributed by atoms with van der Waals surface area (Å²) in [5.41, 5.74) is -0.533. The molecular weight excluding hydrogens is 238 g/mol. The highest BCUT2D eigenvalue weighted by atomic mass is 32.2. The van der Waals surface area contributed by atoms with Gasteiger partial charge < -0.3 is 5.32 Å². The Balaban J connectivity index is 1.86. The minimum atomic E-state index is -2.94. The lowest BCUT2D eigenvalue weighted by atomic mass is 9.99. The third-order valence-corrected chi connectivity index (χ3v) is 5.80. The van der Waals surface area contributed by atoms with Crippen molar-refractivity contribution in [1.29, 1.82) is 0 Å². The molecule has 1 unspecified atom stereocenters. The summed E-state index contributed by atoms with van der Waals surface area (Å²) >= 11 is 0. The second kappa shape index (κ2) is 4.59. The van der Waals surface area contributed by atoms with Crippen molar-refractivity contribution >= 4 is 15.7 Å². The van der Waals surface area contributed by atoms with Crippen LogP contribution in [0.1, 0.15) is 45.4 Å². The first-order valence-corrected chi connectivity index (χ1v) is 8.22. The quantitative estimate of drug-likeness (QED) is 0.830. The minimum Gasteiger partial charge on any atom is -0.350 e. The maximum atomic E-state index is 11.9. The number of carbonyl (C=O) groups excluding carboxylic acids is 1. The number of carbonyl (C=O) groups is 1. The van der Waals surface area contributed by atoms with Crippen molar-refractivity contribution in [3.8, 4) is 0 Å². The lowest BCUT2D eigenvalue weighted by molar-refractivity contribution is -0.123. The van der Waals surface area contributed by atoms with Gasteiger partial charge in [-0.25, -0.2) is 8.42 Å². The Labute approximate surface area is 103 Å². The van der Waals surface area contributed by atoms with E-state index in [9.17, 15) is 13.2 Å². The molecule has 0 radical (unpaired) electrons. The van der Waals surface area contributed by atoms with E-state index in [1.807, 2.05) is 6.92 Å². The molecule has 0 spiro atoms. The summed E-state index contributed by atoms with van der Waals surface area (Å²) in [6.07, 6.45) is 5.85. The normalized spacial score (nSPS) is 32.8. The summed E-state index contributed by atoms with van der Waals surface area (Å²) in [4.78, 5) is 11.9. The second-order valence-electron chi connectivity index (χ2n) is 5.81. The first-order chi connectivity index (χ1) is 7.89. The molecule has 5 heteroatoms. The van der Waals surface area contributed by atoms with Gasteiger partial charge in [0.05, 0.1) is 17.0 Å².